The lowest BCUT2D eigenvalue weighted by molar-refractivity contribution is -0.131. The lowest BCUT2D eigenvalue weighted by Gasteiger charge is -2.29. The number of fused-ring (bicyclic) bond motifs is 1. The minimum absolute atomic E-state index is 0.643. The number of aromatic nitrogens is 1. The van der Waals surface area contributed by atoms with E-state index in [9.17, 15) is 4.79 Å². The second kappa shape index (κ2) is 5.93. The normalized spacial score (nSPS) is 15.7. The number of aliphatic carboxylic acids is 1. The van der Waals surface area contributed by atoms with Crippen LogP contribution in [0.3, 0.4) is 0 Å². The van der Waals surface area contributed by atoms with Gasteiger partial charge in [0, 0.05) is 30.2 Å². The van der Waals surface area contributed by atoms with Gasteiger partial charge in [-0.15, -0.1) is 0 Å². The van der Waals surface area contributed by atoms with E-state index < -0.39 is 5.97 Å². The molecule has 1 saturated heterocycles. The predicted octanol–water partition coefficient (Wildman–Crippen LogP) is 2.17. The average Bonchev–Trinajstić information content (AvgIpc) is 2.53. The van der Waals surface area contributed by atoms with E-state index in [1.165, 1.54) is 11.8 Å². The van der Waals surface area contributed by atoms with E-state index in [2.05, 4.69) is 16.0 Å². The van der Waals surface area contributed by atoms with Crippen molar-refractivity contribution in [3.05, 3.63) is 42.1 Å². The highest BCUT2D eigenvalue weighted by atomic mass is 16.5. The topological polar surface area (TPSA) is 62.7 Å². The number of morpholine rings is 1. The zero-order valence-electron chi connectivity index (χ0n) is 11.5. The largest absolute Gasteiger partial charge is 0.478 e. The summed E-state index contributed by atoms with van der Waals surface area (Å²) in [6, 6.07) is 9.92. The van der Waals surface area contributed by atoms with Crippen molar-refractivity contribution >= 4 is 28.6 Å². The highest BCUT2D eigenvalue weighted by Gasteiger charge is 2.11. The summed E-state index contributed by atoms with van der Waals surface area (Å²) in [4.78, 5) is 17.3. The van der Waals surface area contributed by atoms with Gasteiger partial charge >= 0.3 is 5.97 Å². The highest BCUT2D eigenvalue weighted by molar-refractivity contribution is 5.87. The van der Waals surface area contributed by atoms with Gasteiger partial charge in [0.15, 0.2) is 0 Å². The molecule has 1 aliphatic rings. The summed E-state index contributed by atoms with van der Waals surface area (Å²) >= 11 is 0. The molecule has 0 bridgehead atoms. The number of hydrogen-bond acceptors (Lipinski definition) is 4. The third kappa shape index (κ3) is 3.20. The zero-order chi connectivity index (χ0) is 14.7. The van der Waals surface area contributed by atoms with Gasteiger partial charge in [-0.25, -0.2) is 9.78 Å². The summed E-state index contributed by atoms with van der Waals surface area (Å²) in [5.74, 6) is -0.973. The van der Waals surface area contributed by atoms with Crippen molar-refractivity contribution in [2.45, 2.75) is 0 Å². The van der Waals surface area contributed by atoms with Crippen molar-refractivity contribution in [3.63, 3.8) is 0 Å². The molecule has 5 nitrogen and oxygen atoms in total. The fourth-order valence-corrected chi connectivity index (χ4v) is 2.40. The number of carboxylic acids is 1. The van der Waals surface area contributed by atoms with Gasteiger partial charge in [0.05, 0.1) is 24.4 Å². The lowest BCUT2D eigenvalue weighted by atomic mass is 10.1. The Morgan fingerprint density at radius 2 is 2.05 bits per heavy atom. The number of ether oxygens (including phenoxy) is 1. The summed E-state index contributed by atoms with van der Waals surface area (Å²) in [5, 5.41) is 9.69. The Balaban J connectivity index is 1.88. The standard InChI is InChI=1S/C16H16N2O3/c19-16(20)6-3-13-2-1-12-11-14(4-5-15(12)17-13)18-7-9-21-10-8-18/h1-6,11H,7-10H2,(H,19,20)/b6-3+. The molecule has 0 aliphatic carbocycles. The summed E-state index contributed by atoms with van der Waals surface area (Å²) < 4.78 is 5.36. The molecule has 0 saturated carbocycles. The van der Waals surface area contributed by atoms with Crippen LogP contribution in [0, 0.1) is 0 Å². The minimum Gasteiger partial charge on any atom is -0.478 e. The molecule has 0 atom stereocenters. The summed E-state index contributed by atoms with van der Waals surface area (Å²) in [6.45, 7) is 3.32. The molecule has 108 valence electrons. The number of nitrogens with zero attached hydrogens (tertiary/aromatic N) is 2. The number of benzene rings is 1. The maximum absolute atomic E-state index is 10.5. The molecule has 1 aliphatic heterocycles. The van der Waals surface area contributed by atoms with E-state index in [0.717, 1.165) is 43.3 Å². The average molecular weight is 284 g/mol. The molecule has 0 spiro atoms. The number of hydrogen-bond donors (Lipinski definition) is 1. The first-order valence-electron chi connectivity index (χ1n) is 6.87. The van der Waals surface area contributed by atoms with Crippen LogP contribution in [0.25, 0.3) is 17.0 Å². The second-order valence-electron chi connectivity index (χ2n) is 4.88. The molecular formula is C16H16N2O3. The first-order chi connectivity index (χ1) is 10.2. The number of pyridine rings is 1. The molecule has 2 heterocycles. The van der Waals surface area contributed by atoms with Crippen LogP contribution in [-0.2, 0) is 9.53 Å². The monoisotopic (exact) mass is 284 g/mol. The van der Waals surface area contributed by atoms with Crippen molar-refractivity contribution in [2.75, 3.05) is 31.2 Å². The third-order valence-corrected chi connectivity index (χ3v) is 3.47. The van der Waals surface area contributed by atoms with Crippen molar-refractivity contribution in [1.29, 1.82) is 0 Å². The molecule has 1 fully saturated rings. The fourth-order valence-electron chi connectivity index (χ4n) is 2.40. The molecule has 0 radical (unpaired) electrons. The van der Waals surface area contributed by atoms with Crippen molar-refractivity contribution in [2.24, 2.45) is 0 Å². The van der Waals surface area contributed by atoms with Crippen molar-refractivity contribution in [3.8, 4) is 0 Å². The zero-order valence-corrected chi connectivity index (χ0v) is 11.5. The number of carboxylic acid groups (broad SMARTS) is 1. The van der Waals surface area contributed by atoms with Gasteiger partial charge in [0.25, 0.3) is 0 Å². The van der Waals surface area contributed by atoms with E-state index >= 15 is 0 Å². The summed E-state index contributed by atoms with van der Waals surface area (Å²) in [5.41, 5.74) is 2.67. The third-order valence-electron chi connectivity index (χ3n) is 3.47. The second-order valence-corrected chi connectivity index (χ2v) is 4.88. The predicted molar refractivity (Wildman–Crippen MR) is 81.4 cm³/mol. The Morgan fingerprint density at radius 3 is 2.81 bits per heavy atom. The highest BCUT2D eigenvalue weighted by Crippen LogP contribution is 2.22. The quantitative estimate of drug-likeness (QED) is 0.875. The molecule has 0 amide bonds. The first-order valence-corrected chi connectivity index (χ1v) is 6.87. The molecule has 5 heteroatoms. The van der Waals surface area contributed by atoms with E-state index in [0.29, 0.717) is 5.69 Å². The first kappa shape index (κ1) is 13.6. The molecule has 1 aromatic carbocycles. The Bertz CT molecular complexity index is 691. The van der Waals surface area contributed by atoms with E-state index in [1.807, 2.05) is 24.3 Å². The number of anilines is 1. The molecule has 2 aromatic rings. The van der Waals surface area contributed by atoms with Gasteiger partial charge < -0.3 is 14.7 Å². The van der Waals surface area contributed by atoms with Crippen LogP contribution >= 0.6 is 0 Å². The van der Waals surface area contributed by atoms with E-state index in [4.69, 9.17) is 9.84 Å². The van der Waals surface area contributed by atoms with Crippen molar-refractivity contribution < 1.29 is 14.6 Å². The van der Waals surface area contributed by atoms with Crippen LogP contribution in [0.15, 0.2) is 36.4 Å². The molecule has 1 N–H and O–H groups in total. The molecule has 3 rings (SSSR count). The fraction of sp³-hybridized carbons (Fsp3) is 0.250. The maximum Gasteiger partial charge on any atom is 0.328 e. The van der Waals surface area contributed by atoms with E-state index in [-0.39, 0.29) is 0 Å². The van der Waals surface area contributed by atoms with Gasteiger partial charge in [-0.2, -0.15) is 0 Å². The lowest BCUT2D eigenvalue weighted by Crippen LogP contribution is -2.36. The number of carbonyl (C=O) groups is 1. The van der Waals surface area contributed by atoms with Gasteiger partial charge in [-0.1, -0.05) is 6.07 Å². The Labute approximate surface area is 122 Å². The van der Waals surface area contributed by atoms with Gasteiger partial charge in [-0.05, 0) is 30.3 Å². The Morgan fingerprint density at radius 1 is 1.24 bits per heavy atom. The number of rotatable bonds is 3. The van der Waals surface area contributed by atoms with Crippen LogP contribution in [0.1, 0.15) is 5.69 Å². The van der Waals surface area contributed by atoms with Gasteiger partial charge in [0.1, 0.15) is 0 Å². The SMILES string of the molecule is O=C(O)/C=C/c1ccc2cc(N3CCOCC3)ccc2n1. The Hall–Kier alpha value is -2.40. The summed E-state index contributed by atoms with van der Waals surface area (Å²) in [6.07, 6.45) is 2.59. The van der Waals surface area contributed by atoms with Crippen LogP contribution in [0.2, 0.25) is 0 Å². The minimum atomic E-state index is -0.973. The summed E-state index contributed by atoms with van der Waals surface area (Å²) in [7, 11) is 0. The Kier molecular flexibility index (Phi) is 3.83. The molecular weight excluding hydrogens is 268 g/mol. The van der Waals surface area contributed by atoms with Crippen LogP contribution in [0.4, 0.5) is 5.69 Å². The smallest absolute Gasteiger partial charge is 0.328 e. The van der Waals surface area contributed by atoms with Crippen LogP contribution < -0.4 is 4.90 Å². The molecule has 21 heavy (non-hydrogen) atoms. The van der Waals surface area contributed by atoms with E-state index in [1.54, 1.807) is 0 Å². The molecule has 1 aromatic heterocycles. The van der Waals surface area contributed by atoms with Crippen LogP contribution in [-0.4, -0.2) is 42.4 Å². The van der Waals surface area contributed by atoms with Gasteiger partial charge in [-0.3, -0.25) is 0 Å². The van der Waals surface area contributed by atoms with Crippen LogP contribution in [0.5, 0.6) is 0 Å². The molecule has 0 unspecified atom stereocenters. The maximum atomic E-state index is 10.5. The van der Waals surface area contributed by atoms with Gasteiger partial charge in [0.2, 0.25) is 0 Å². The van der Waals surface area contributed by atoms with Crippen molar-refractivity contribution in [1.82, 2.24) is 4.98 Å².